The molecule has 2 amide bonds. The Bertz CT molecular complexity index is 572. The van der Waals surface area contributed by atoms with Crippen molar-refractivity contribution in [3.8, 4) is 5.75 Å². The Morgan fingerprint density at radius 3 is 2.57 bits per heavy atom. The van der Waals surface area contributed by atoms with Gasteiger partial charge in [0.2, 0.25) is 0 Å². The lowest BCUT2D eigenvalue weighted by molar-refractivity contribution is -0.120. The average Bonchev–Trinajstić information content (AvgIpc) is 2.51. The summed E-state index contributed by atoms with van der Waals surface area (Å²) >= 11 is 4.83. The Kier molecular flexibility index (Phi) is 7.67. The van der Waals surface area contributed by atoms with Crippen molar-refractivity contribution in [2.75, 3.05) is 13.1 Å². The predicted molar refractivity (Wildman–Crippen MR) is 83.0 cm³/mol. The second-order valence-electron chi connectivity index (χ2n) is 4.09. The van der Waals surface area contributed by atoms with Gasteiger partial charge >= 0.3 is 6.61 Å². The number of halogens is 2. The topological polar surface area (TPSA) is 91.5 Å². The first-order valence-electron chi connectivity index (χ1n) is 6.58. The first-order valence-corrected chi connectivity index (χ1v) is 6.99. The van der Waals surface area contributed by atoms with E-state index in [2.05, 4.69) is 26.2 Å². The van der Waals surface area contributed by atoms with Crippen molar-refractivity contribution in [2.24, 2.45) is 0 Å². The Morgan fingerprint density at radius 2 is 1.91 bits per heavy atom. The van der Waals surface area contributed by atoms with E-state index in [1.165, 1.54) is 24.3 Å². The minimum Gasteiger partial charge on any atom is -0.434 e. The van der Waals surface area contributed by atoms with E-state index in [1.807, 2.05) is 6.92 Å². The van der Waals surface area contributed by atoms with Gasteiger partial charge < -0.3 is 15.4 Å². The van der Waals surface area contributed by atoms with Crippen molar-refractivity contribution in [1.82, 2.24) is 21.5 Å². The molecule has 1 aromatic carbocycles. The van der Waals surface area contributed by atoms with Crippen molar-refractivity contribution in [1.29, 1.82) is 0 Å². The molecule has 1 rings (SSSR count). The fraction of sp³-hybridized carbons (Fsp3) is 0.308. The lowest BCUT2D eigenvalue weighted by Gasteiger charge is -2.12. The highest BCUT2D eigenvalue weighted by Crippen LogP contribution is 2.19. The average molecular weight is 346 g/mol. The summed E-state index contributed by atoms with van der Waals surface area (Å²) < 4.78 is 28.8. The first kappa shape index (κ1) is 18.6. The molecule has 4 N–H and O–H groups in total. The summed E-state index contributed by atoms with van der Waals surface area (Å²) in [6.07, 6.45) is 0. The van der Waals surface area contributed by atoms with Gasteiger partial charge in [-0.15, -0.1) is 0 Å². The van der Waals surface area contributed by atoms with Crippen molar-refractivity contribution < 1.29 is 23.1 Å². The van der Waals surface area contributed by atoms with Crippen LogP contribution < -0.4 is 26.2 Å². The number of carbonyl (C=O) groups is 2. The fourth-order valence-corrected chi connectivity index (χ4v) is 1.68. The Morgan fingerprint density at radius 1 is 1.22 bits per heavy atom. The molecule has 10 heteroatoms. The van der Waals surface area contributed by atoms with Gasteiger partial charge in [-0.3, -0.25) is 20.4 Å². The molecule has 0 spiro atoms. The van der Waals surface area contributed by atoms with Gasteiger partial charge in [-0.05, 0) is 31.3 Å². The van der Waals surface area contributed by atoms with Gasteiger partial charge in [0.15, 0.2) is 5.11 Å². The van der Waals surface area contributed by atoms with E-state index in [-0.39, 0.29) is 23.0 Å². The number of hydrogen-bond donors (Lipinski definition) is 4. The second kappa shape index (κ2) is 9.51. The summed E-state index contributed by atoms with van der Waals surface area (Å²) in [6.45, 7) is -1.01. The SMILES string of the molecule is CCNC(=S)NNC(=O)CNC(=O)c1ccccc1OC(F)F. The summed E-state index contributed by atoms with van der Waals surface area (Å²) in [4.78, 5) is 23.4. The van der Waals surface area contributed by atoms with E-state index < -0.39 is 18.4 Å². The van der Waals surface area contributed by atoms with Crippen molar-refractivity contribution >= 4 is 29.1 Å². The van der Waals surface area contributed by atoms with E-state index in [1.54, 1.807) is 0 Å². The predicted octanol–water partition coefficient (Wildman–Crippen LogP) is 0.533. The zero-order valence-electron chi connectivity index (χ0n) is 12.2. The lowest BCUT2D eigenvalue weighted by Crippen LogP contribution is -2.49. The number of ether oxygens (including phenoxy) is 1. The molecule has 7 nitrogen and oxygen atoms in total. The number of hydrogen-bond acceptors (Lipinski definition) is 4. The highest BCUT2D eigenvalue weighted by molar-refractivity contribution is 7.80. The molecule has 0 bridgehead atoms. The zero-order chi connectivity index (χ0) is 17.2. The van der Waals surface area contributed by atoms with Crippen LogP contribution >= 0.6 is 12.2 Å². The van der Waals surface area contributed by atoms with Gasteiger partial charge in [-0.25, -0.2) is 0 Å². The monoisotopic (exact) mass is 346 g/mol. The van der Waals surface area contributed by atoms with Crippen molar-refractivity contribution in [3.05, 3.63) is 29.8 Å². The number of thiocarbonyl (C=S) groups is 1. The number of para-hydroxylation sites is 1. The molecule has 0 heterocycles. The quantitative estimate of drug-likeness (QED) is 0.444. The van der Waals surface area contributed by atoms with Crippen LogP contribution in [-0.2, 0) is 4.79 Å². The molecule has 0 radical (unpaired) electrons. The molecule has 0 unspecified atom stereocenters. The molecule has 1 aromatic rings. The summed E-state index contributed by atoms with van der Waals surface area (Å²) in [6, 6.07) is 5.48. The molecule has 23 heavy (non-hydrogen) atoms. The third kappa shape index (κ3) is 6.87. The normalized spacial score (nSPS) is 9.91. The van der Waals surface area contributed by atoms with Gasteiger partial charge in [-0.1, -0.05) is 12.1 Å². The summed E-state index contributed by atoms with van der Waals surface area (Å²) in [5, 5.41) is 5.26. The van der Waals surface area contributed by atoms with Gasteiger partial charge in [0.25, 0.3) is 11.8 Å². The van der Waals surface area contributed by atoms with E-state index in [4.69, 9.17) is 12.2 Å². The van der Waals surface area contributed by atoms with E-state index in [0.717, 1.165) is 0 Å². The Hall–Kier alpha value is -2.49. The standard InChI is InChI=1S/C13H16F2N4O3S/c1-2-16-13(23)19-18-10(20)7-17-11(21)8-5-3-4-6-9(8)22-12(14)15/h3-6,12H,2,7H2,1H3,(H,17,21)(H,18,20)(H2,16,19,23). The molecule has 0 aromatic heterocycles. The summed E-state index contributed by atoms with van der Waals surface area (Å²) in [7, 11) is 0. The molecule has 0 atom stereocenters. The maximum atomic E-state index is 12.3. The van der Waals surface area contributed by atoms with Crippen LogP contribution in [0, 0.1) is 0 Å². The van der Waals surface area contributed by atoms with E-state index >= 15 is 0 Å². The molecular weight excluding hydrogens is 330 g/mol. The highest BCUT2D eigenvalue weighted by atomic mass is 32.1. The van der Waals surface area contributed by atoms with Crippen LogP contribution in [0.3, 0.4) is 0 Å². The molecule has 0 aliphatic heterocycles. The number of amides is 2. The van der Waals surface area contributed by atoms with Gasteiger partial charge in [0.1, 0.15) is 5.75 Å². The fourth-order valence-electron chi connectivity index (χ4n) is 1.48. The van der Waals surface area contributed by atoms with Crippen LogP contribution in [0.1, 0.15) is 17.3 Å². The molecule has 0 saturated carbocycles. The number of carbonyl (C=O) groups excluding carboxylic acids is 2. The number of hydrazine groups is 1. The number of rotatable bonds is 6. The van der Waals surface area contributed by atoms with E-state index in [0.29, 0.717) is 6.54 Å². The number of benzene rings is 1. The maximum absolute atomic E-state index is 12.3. The Balaban J connectivity index is 2.51. The van der Waals surface area contributed by atoms with Gasteiger partial charge in [0, 0.05) is 6.54 Å². The van der Waals surface area contributed by atoms with Crippen molar-refractivity contribution in [2.45, 2.75) is 13.5 Å². The molecular formula is C13H16F2N4O3S. The third-order valence-electron chi connectivity index (χ3n) is 2.41. The third-order valence-corrected chi connectivity index (χ3v) is 2.66. The molecule has 0 fully saturated rings. The van der Waals surface area contributed by atoms with Crippen LogP contribution in [0.5, 0.6) is 5.75 Å². The van der Waals surface area contributed by atoms with Crippen LogP contribution in [-0.4, -0.2) is 36.6 Å². The van der Waals surface area contributed by atoms with E-state index in [9.17, 15) is 18.4 Å². The highest BCUT2D eigenvalue weighted by Gasteiger charge is 2.15. The first-order chi connectivity index (χ1) is 10.9. The zero-order valence-corrected chi connectivity index (χ0v) is 13.0. The largest absolute Gasteiger partial charge is 0.434 e. The summed E-state index contributed by atoms with van der Waals surface area (Å²) in [5.74, 6) is -1.55. The molecule has 126 valence electrons. The molecule has 0 aliphatic rings. The lowest BCUT2D eigenvalue weighted by atomic mass is 10.2. The minimum absolute atomic E-state index is 0.100. The van der Waals surface area contributed by atoms with Crippen LogP contribution in [0.4, 0.5) is 8.78 Å². The van der Waals surface area contributed by atoms with Gasteiger partial charge in [0.05, 0.1) is 12.1 Å². The van der Waals surface area contributed by atoms with Crippen LogP contribution in [0.15, 0.2) is 24.3 Å². The summed E-state index contributed by atoms with van der Waals surface area (Å²) in [5.41, 5.74) is 4.59. The number of alkyl halides is 2. The van der Waals surface area contributed by atoms with Crippen molar-refractivity contribution in [3.63, 3.8) is 0 Å². The smallest absolute Gasteiger partial charge is 0.387 e. The molecule has 0 saturated heterocycles. The minimum atomic E-state index is -3.05. The number of nitrogens with one attached hydrogen (secondary N) is 4. The Labute approximate surface area is 136 Å². The molecule has 0 aliphatic carbocycles. The van der Waals surface area contributed by atoms with Crippen LogP contribution in [0.2, 0.25) is 0 Å². The van der Waals surface area contributed by atoms with Crippen LogP contribution in [0.25, 0.3) is 0 Å². The maximum Gasteiger partial charge on any atom is 0.387 e. The second-order valence-corrected chi connectivity index (χ2v) is 4.50. The van der Waals surface area contributed by atoms with Gasteiger partial charge in [-0.2, -0.15) is 8.78 Å².